The van der Waals surface area contributed by atoms with Crippen LogP contribution in [-0.2, 0) is 4.79 Å². The zero-order chi connectivity index (χ0) is 13.0. The van der Waals surface area contributed by atoms with Crippen LogP contribution >= 0.6 is 0 Å². The van der Waals surface area contributed by atoms with E-state index in [-0.39, 0.29) is 17.4 Å². The molecule has 0 aliphatic rings. The van der Waals surface area contributed by atoms with E-state index in [0.717, 1.165) is 0 Å². The lowest BCUT2D eigenvalue weighted by Gasteiger charge is -2.17. The molecule has 1 amide bonds. The number of hydrogen-bond acceptors (Lipinski definition) is 4. The summed E-state index contributed by atoms with van der Waals surface area (Å²) < 4.78 is 0. The number of carbonyl (C=O) groups excluding carboxylic acids is 1. The van der Waals surface area contributed by atoms with E-state index in [1.54, 1.807) is 13.8 Å². The van der Waals surface area contributed by atoms with E-state index >= 15 is 0 Å². The Bertz CT molecular complexity index is 431. The number of aromatic hydroxyl groups is 1. The van der Waals surface area contributed by atoms with Gasteiger partial charge in [-0.15, -0.1) is 0 Å². The van der Waals surface area contributed by atoms with Crippen molar-refractivity contribution >= 4 is 11.9 Å². The maximum absolute atomic E-state index is 11.7. The van der Waals surface area contributed by atoms with Crippen LogP contribution < -0.4 is 5.32 Å². The topological polar surface area (TPSA) is 99.5 Å². The van der Waals surface area contributed by atoms with Crippen molar-refractivity contribution in [1.29, 1.82) is 0 Å². The second-order valence-electron chi connectivity index (χ2n) is 3.90. The van der Waals surface area contributed by atoms with Gasteiger partial charge in [-0.05, 0) is 18.1 Å². The van der Waals surface area contributed by atoms with E-state index in [9.17, 15) is 14.7 Å². The molecule has 0 fully saturated rings. The van der Waals surface area contributed by atoms with Crippen LogP contribution in [0.1, 0.15) is 24.3 Å². The van der Waals surface area contributed by atoms with Crippen LogP contribution in [0.25, 0.3) is 0 Å². The van der Waals surface area contributed by atoms with Gasteiger partial charge < -0.3 is 15.5 Å². The highest BCUT2D eigenvalue weighted by molar-refractivity contribution is 5.97. The Morgan fingerprint density at radius 3 is 2.53 bits per heavy atom. The molecule has 0 aliphatic heterocycles. The highest BCUT2D eigenvalue weighted by Crippen LogP contribution is 2.13. The summed E-state index contributed by atoms with van der Waals surface area (Å²) in [4.78, 5) is 26.3. The molecule has 3 N–H and O–H groups in total. The molecule has 1 aromatic heterocycles. The highest BCUT2D eigenvalue weighted by atomic mass is 16.4. The van der Waals surface area contributed by atoms with Crippen LogP contribution in [0.5, 0.6) is 5.75 Å². The number of aliphatic carboxylic acids is 1. The largest absolute Gasteiger partial charge is 0.505 e. The maximum Gasteiger partial charge on any atom is 0.326 e. The second kappa shape index (κ2) is 5.29. The average molecular weight is 238 g/mol. The molecule has 0 saturated heterocycles. The summed E-state index contributed by atoms with van der Waals surface area (Å²) in [6.45, 7) is 3.36. The maximum atomic E-state index is 11.7. The fourth-order valence-electron chi connectivity index (χ4n) is 1.29. The number of rotatable bonds is 4. The van der Waals surface area contributed by atoms with E-state index in [1.807, 2.05) is 0 Å². The zero-order valence-corrected chi connectivity index (χ0v) is 9.54. The number of nitrogens with one attached hydrogen (secondary N) is 1. The summed E-state index contributed by atoms with van der Waals surface area (Å²) in [6, 6.07) is 1.78. The number of aromatic nitrogens is 1. The van der Waals surface area contributed by atoms with Crippen LogP contribution in [-0.4, -0.2) is 33.1 Å². The third kappa shape index (κ3) is 3.17. The van der Waals surface area contributed by atoms with Gasteiger partial charge in [-0.25, -0.2) is 9.78 Å². The Hall–Kier alpha value is -2.11. The number of amides is 1. The first kappa shape index (κ1) is 13.0. The van der Waals surface area contributed by atoms with Crippen molar-refractivity contribution in [3.05, 3.63) is 24.0 Å². The van der Waals surface area contributed by atoms with E-state index in [0.29, 0.717) is 0 Å². The van der Waals surface area contributed by atoms with Crippen LogP contribution in [0, 0.1) is 5.92 Å². The van der Waals surface area contributed by atoms with Gasteiger partial charge in [0.25, 0.3) is 5.91 Å². The van der Waals surface area contributed by atoms with Gasteiger partial charge in [-0.1, -0.05) is 13.8 Å². The Morgan fingerprint density at radius 1 is 1.41 bits per heavy atom. The zero-order valence-electron chi connectivity index (χ0n) is 9.54. The average Bonchev–Trinajstić information content (AvgIpc) is 2.25. The van der Waals surface area contributed by atoms with E-state index < -0.39 is 17.9 Å². The highest BCUT2D eigenvalue weighted by Gasteiger charge is 2.25. The molecule has 0 spiro atoms. The van der Waals surface area contributed by atoms with Gasteiger partial charge in [0.2, 0.25) is 0 Å². The monoisotopic (exact) mass is 238 g/mol. The van der Waals surface area contributed by atoms with Crippen molar-refractivity contribution in [1.82, 2.24) is 10.3 Å². The molecule has 0 radical (unpaired) electrons. The van der Waals surface area contributed by atoms with E-state index in [4.69, 9.17) is 5.11 Å². The number of nitrogens with zero attached hydrogens (tertiary/aromatic N) is 1. The molecule has 92 valence electrons. The minimum Gasteiger partial charge on any atom is -0.505 e. The summed E-state index contributed by atoms with van der Waals surface area (Å²) >= 11 is 0. The van der Waals surface area contributed by atoms with Gasteiger partial charge in [-0.2, -0.15) is 0 Å². The number of carboxylic acids is 1. The lowest BCUT2D eigenvalue weighted by Crippen LogP contribution is -2.44. The van der Waals surface area contributed by atoms with Crippen LogP contribution in [0.4, 0.5) is 0 Å². The van der Waals surface area contributed by atoms with Gasteiger partial charge in [0.05, 0.1) is 0 Å². The minimum absolute atomic E-state index is 0.181. The second-order valence-corrected chi connectivity index (χ2v) is 3.90. The molecule has 1 aromatic rings. The van der Waals surface area contributed by atoms with Crippen molar-refractivity contribution < 1.29 is 19.8 Å². The molecule has 0 aliphatic carbocycles. The Balaban J connectivity index is 2.85. The molecular formula is C11H14N2O4. The van der Waals surface area contributed by atoms with Gasteiger partial charge in [-0.3, -0.25) is 4.79 Å². The molecular weight excluding hydrogens is 224 g/mol. The molecule has 0 aromatic carbocycles. The number of carboxylic acid groups (broad SMARTS) is 1. The van der Waals surface area contributed by atoms with E-state index in [1.165, 1.54) is 18.3 Å². The summed E-state index contributed by atoms with van der Waals surface area (Å²) in [5.41, 5.74) is -0.181. The Kier molecular flexibility index (Phi) is 4.03. The van der Waals surface area contributed by atoms with Gasteiger partial charge >= 0.3 is 5.97 Å². The van der Waals surface area contributed by atoms with Crippen LogP contribution in [0.2, 0.25) is 0 Å². The molecule has 0 saturated carbocycles. The van der Waals surface area contributed by atoms with Crippen molar-refractivity contribution in [3.63, 3.8) is 0 Å². The molecule has 17 heavy (non-hydrogen) atoms. The number of pyridine rings is 1. The van der Waals surface area contributed by atoms with Gasteiger partial charge in [0.1, 0.15) is 11.8 Å². The fourth-order valence-corrected chi connectivity index (χ4v) is 1.29. The summed E-state index contributed by atoms with van der Waals surface area (Å²) in [5, 5.41) is 20.6. The molecule has 6 nitrogen and oxygen atoms in total. The lowest BCUT2D eigenvalue weighted by atomic mass is 10.0. The summed E-state index contributed by atoms with van der Waals surface area (Å²) in [6.07, 6.45) is 1.35. The first-order valence-electron chi connectivity index (χ1n) is 5.11. The third-order valence-corrected chi connectivity index (χ3v) is 2.22. The van der Waals surface area contributed by atoms with Crippen LogP contribution in [0.3, 0.4) is 0 Å². The first-order valence-corrected chi connectivity index (χ1v) is 5.11. The van der Waals surface area contributed by atoms with Gasteiger partial charge in [0.15, 0.2) is 5.69 Å². The van der Waals surface area contributed by atoms with Crippen LogP contribution in [0.15, 0.2) is 18.3 Å². The molecule has 1 rings (SSSR count). The normalized spacial score (nSPS) is 12.2. The quantitative estimate of drug-likeness (QED) is 0.714. The fraction of sp³-hybridized carbons (Fsp3) is 0.364. The SMILES string of the molecule is CC(C)[C@H](NC(=O)c1ncccc1O)C(=O)O. The predicted octanol–water partition coefficient (Wildman–Crippen LogP) is 0.626. The predicted molar refractivity (Wildman–Crippen MR) is 59.6 cm³/mol. The van der Waals surface area contributed by atoms with Gasteiger partial charge in [0, 0.05) is 6.20 Å². The van der Waals surface area contributed by atoms with Crippen molar-refractivity contribution in [3.8, 4) is 5.75 Å². The Morgan fingerprint density at radius 2 is 2.06 bits per heavy atom. The standard InChI is InChI=1S/C11H14N2O4/c1-6(2)8(11(16)17)13-10(15)9-7(14)4-3-5-12-9/h3-6,8,14H,1-2H3,(H,13,15)(H,16,17)/t8-/m0/s1. The molecule has 0 unspecified atom stereocenters. The molecule has 1 heterocycles. The molecule has 1 atom stereocenters. The Labute approximate surface area is 98.3 Å². The summed E-state index contributed by atoms with van der Waals surface area (Å²) in [7, 11) is 0. The third-order valence-electron chi connectivity index (χ3n) is 2.22. The molecule has 0 bridgehead atoms. The lowest BCUT2D eigenvalue weighted by molar-refractivity contribution is -0.140. The summed E-state index contributed by atoms with van der Waals surface area (Å²) in [5.74, 6) is -2.37. The van der Waals surface area contributed by atoms with Crippen molar-refractivity contribution in [2.24, 2.45) is 5.92 Å². The minimum atomic E-state index is -1.12. The van der Waals surface area contributed by atoms with Crippen molar-refractivity contribution in [2.75, 3.05) is 0 Å². The molecule has 6 heteroatoms. The van der Waals surface area contributed by atoms with Crippen molar-refractivity contribution in [2.45, 2.75) is 19.9 Å². The number of hydrogen-bond donors (Lipinski definition) is 3. The number of carbonyl (C=O) groups is 2. The van der Waals surface area contributed by atoms with E-state index in [2.05, 4.69) is 10.3 Å². The first-order chi connectivity index (χ1) is 7.93. The smallest absolute Gasteiger partial charge is 0.326 e.